The lowest BCUT2D eigenvalue weighted by molar-refractivity contribution is -0.135. The normalized spacial score (nSPS) is 22.9. The SMILES string of the molecule is C[C@H]1C[C@H](C)CN(C(=O)CN2CCN(C(=O)c3cccc(-n4cccc4)c3)CC2)C1. The molecule has 2 atom stereocenters. The molecule has 2 amide bonds. The first-order chi connectivity index (χ1) is 14.5. The number of hydrogen-bond acceptors (Lipinski definition) is 3. The Labute approximate surface area is 179 Å². The number of hydrogen-bond donors (Lipinski definition) is 0. The maximum atomic E-state index is 13.0. The maximum Gasteiger partial charge on any atom is 0.254 e. The van der Waals surface area contributed by atoms with E-state index in [2.05, 4.69) is 18.7 Å². The predicted molar refractivity (Wildman–Crippen MR) is 118 cm³/mol. The Bertz CT molecular complexity index is 861. The third-order valence-corrected chi connectivity index (χ3v) is 6.24. The Morgan fingerprint density at radius 3 is 2.23 bits per heavy atom. The molecule has 1 aromatic heterocycles. The largest absolute Gasteiger partial charge is 0.341 e. The highest BCUT2D eigenvalue weighted by atomic mass is 16.2. The van der Waals surface area contributed by atoms with Crippen LogP contribution in [0.3, 0.4) is 0 Å². The molecule has 1 aromatic carbocycles. The molecule has 0 radical (unpaired) electrons. The molecule has 3 heterocycles. The van der Waals surface area contributed by atoms with Gasteiger partial charge < -0.3 is 14.4 Å². The van der Waals surface area contributed by atoms with E-state index in [1.54, 1.807) is 0 Å². The summed E-state index contributed by atoms with van der Waals surface area (Å²) in [5.74, 6) is 1.45. The zero-order chi connectivity index (χ0) is 21.1. The van der Waals surface area contributed by atoms with Crippen molar-refractivity contribution < 1.29 is 9.59 Å². The van der Waals surface area contributed by atoms with E-state index in [4.69, 9.17) is 0 Å². The maximum absolute atomic E-state index is 13.0. The van der Waals surface area contributed by atoms with E-state index in [9.17, 15) is 9.59 Å². The lowest BCUT2D eigenvalue weighted by Crippen LogP contribution is -2.53. The molecule has 2 aliphatic rings. The van der Waals surface area contributed by atoms with Crippen LogP contribution >= 0.6 is 0 Å². The summed E-state index contributed by atoms with van der Waals surface area (Å²) in [6, 6.07) is 11.7. The van der Waals surface area contributed by atoms with Crippen molar-refractivity contribution in [3.63, 3.8) is 0 Å². The molecule has 0 spiro atoms. The van der Waals surface area contributed by atoms with Gasteiger partial charge in [-0.1, -0.05) is 19.9 Å². The monoisotopic (exact) mass is 408 g/mol. The van der Waals surface area contributed by atoms with Crippen LogP contribution in [-0.2, 0) is 4.79 Å². The highest BCUT2D eigenvalue weighted by molar-refractivity contribution is 5.94. The summed E-state index contributed by atoms with van der Waals surface area (Å²) >= 11 is 0. The van der Waals surface area contributed by atoms with Gasteiger partial charge in [0.15, 0.2) is 0 Å². The van der Waals surface area contributed by atoms with Crippen LogP contribution in [0.4, 0.5) is 0 Å². The first-order valence-corrected chi connectivity index (χ1v) is 11.0. The van der Waals surface area contributed by atoms with Crippen LogP contribution in [0.1, 0.15) is 30.6 Å². The van der Waals surface area contributed by atoms with Crippen molar-refractivity contribution in [1.82, 2.24) is 19.3 Å². The molecule has 2 aromatic rings. The van der Waals surface area contributed by atoms with E-state index in [0.717, 1.165) is 31.9 Å². The molecule has 6 nitrogen and oxygen atoms in total. The molecule has 0 bridgehead atoms. The number of nitrogens with zero attached hydrogens (tertiary/aromatic N) is 4. The summed E-state index contributed by atoms with van der Waals surface area (Å²) in [6.07, 6.45) is 5.16. The summed E-state index contributed by atoms with van der Waals surface area (Å²) in [5.41, 5.74) is 1.70. The molecule has 0 aliphatic carbocycles. The first-order valence-electron chi connectivity index (χ1n) is 11.0. The van der Waals surface area contributed by atoms with Crippen molar-refractivity contribution >= 4 is 11.8 Å². The quantitative estimate of drug-likeness (QED) is 0.782. The fraction of sp³-hybridized carbons (Fsp3) is 0.500. The van der Waals surface area contributed by atoms with Crippen molar-refractivity contribution in [2.45, 2.75) is 20.3 Å². The summed E-state index contributed by atoms with van der Waals surface area (Å²) in [5, 5.41) is 0. The van der Waals surface area contributed by atoms with Crippen LogP contribution in [0.25, 0.3) is 5.69 Å². The zero-order valence-corrected chi connectivity index (χ0v) is 18.0. The minimum Gasteiger partial charge on any atom is -0.341 e. The smallest absolute Gasteiger partial charge is 0.254 e. The number of benzene rings is 1. The van der Waals surface area contributed by atoms with Gasteiger partial charge in [-0.25, -0.2) is 0 Å². The molecule has 160 valence electrons. The number of carbonyl (C=O) groups is 2. The number of amides is 2. The molecule has 0 unspecified atom stereocenters. The summed E-state index contributed by atoms with van der Waals surface area (Å²) in [6.45, 7) is 9.47. The van der Waals surface area contributed by atoms with Crippen LogP contribution in [0.2, 0.25) is 0 Å². The number of carbonyl (C=O) groups excluding carboxylic acids is 2. The Kier molecular flexibility index (Phi) is 6.23. The topological polar surface area (TPSA) is 48.8 Å². The van der Waals surface area contributed by atoms with Gasteiger partial charge in [0, 0.05) is 62.9 Å². The van der Waals surface area contributed by atoms with Gasteiger partial charge in [-0.05, 0) is 48.6 Å². The van der Waals surface area contributed by atoms with Crippen LogP contribution in [0.15, 0.2) is 48.8 Å². The Balaban J connectivity index is 1.31. The van der Waals surface area contributed by atoms with Gasteiger partial charge in [0.05, 0.1) is 6.54 Å². The number of rotatable bonds is 4. The second-order valence-corrected chi connectivity index (χ2v) is 8.95. The average Bonchev–Trinajstić information content (AvgIpc) is 3.28. The number of piperidine rings is 1. The Hall–Kier alpha value is -2.60. The van der Waals surface area contributed by atoms with E-state index in [0.29, 0.717) is 37.0 Å². The van der Waals surface area contributed by atoms with Gasteiger partial charge in [-0.3, -0.25) is 14.5 Å². The summed E-state index contributed by atoms with van der Waals surface area (Å²) < 4.78 is 2.00. The molecular weight excluding hydrogens is 376 g/mol. The van der Waals surface area contributed by atoms with Crippen LogP contribution in [0, 0.1) is 11.8 Å². The third kappa shape index (κ3) is 4.75. The molecule has 6 heteroatoms. The second kappa shape index (κ2) is 9.04. The van der Waals surface area contributed by atoms with Gasteiger partial charge in [-0.15, -0.1) is 0 Å². The first kappa shape index (κ1) is 20.7. The molecule has 2 aliphatic heterocycles. The second-order valence-electron chi connectivity index (χ2n) is 8.95. The van der Waals surface area contributed by atoms with Crippen molar-refractivity contribution in [2.75, 3.05) is 45.8 Å². The van der Waals surface area contributed by atoms with Gasteiger partial charge in [0.1, 0.15) is 0 Å². The number of aromatic nitrogens is 1. The van der Waals surface area contributed by atoms with Crippen LogP contribution in [-0.4, -0.2) is 76.9 Å². The van der Waals surface area contributed by atoms with Crippen molar-refractivity contribution in [1.29, 1.82) is 0 Å². The molecule has 4 rings (SSSR count). The highest BCUT2D eigenvalue weighted by Crippen LogP contribution is 2.21. The lowest BCUT2D eigenvalue weighted by Gasteiger charge is -2.38. The van der Waals surface area contributed by atoms with E-state index in [1.165, 1.54) is 6.42 Å². The van der Waals surface area contributed by atoms with Crippen molar-refractivity contribution in [3.05, 3.63) is 54.4 Å². The summed E-state index contributed by atoms with van der Waals surface area (Å²) in [4.78, 5) is 31.9. The molecule has 0 saturated carbocycles. The minimum atomic E-state index is 0.0636. The molecular formula is C24H32N4O2. The lowest BCUT2D eigenvalue weighted by atomic mass is 9.92. The summed E-state index contributed by atoms with van der Waals surface area (Å²) in [7, 11) is 0. The minimum absolute atomic E-state index is 0.0636. The Morgan fingerprint density at radius 2 is 1.57 bits per heavy atom. The van der Waals surface area contributed by atoms with Crippen molar-refractivity contribution in [3.8, 4) is 5.69 Å². The fourth-order valence-corrected chi connectivity index (χ4v) is 4.76. The van der Waals surface area contributed by atoms with Crippen molar-refractivity contribution in [2.24, 2.45) is 11.8 Å². The molecule has 2 fully saturated rings. The fourth-order valence-electron chi connectivity index (χ4n) is 4.76. The van der Waals surface area contributed by atoms with E-state index < -0.39 is 0 Å². The molecule has 0 N–H and O–H groups in total. The van der Waals surface area contributed by atoms with Gasteiger partial charge >= 0.3 is 0 Å². The van der Waals surface area contributed by atoms with Gasteiger partial charge in [-0.2, -0.15) is 0 Å². The zero-order valence-electron chi connectivity index (χ0n) is 18.0. The third-order valence-electron chi connectivity index (χ3n) is 6.24. The molecule has 2 saturated heterocycles. The van der Waals surface area contributed by atoms with E-state index in [-0.39, 0.29) is 11.8 Å². The average molecular weight is 409 g/mol. The van der Waals surface area contributed by atoms with E-state index in [1.807, 2.05) is 63.2 Å². The standard InChI is InChI=1S/C24H32N4O2/c1-19-14-20(2)17-28(16-19)23(29)18-25-10-12-27(13-11-25)24(30)21-6-5-7-22(15-21)26-8-3-4-9-26/h3-9,15,19-20H,10-14,16-18H2,1-2H3/t19-,20-/m0/s1. The van der Waals surface area contributed by atoms with E-state index >= 15 is 0 Å². The van der Waals surface area contributed by atoms with Crippen LogP contribution < -0.4 is 0 Å². The highest BCUT2D eigenvalue weighted by Gasteiger charge is 2.28. The Morgan fingerprint density at radius 1 is 0.900 bits per heavy atom. The van der Waals surface area contributed by atoms with Gasteiger partial charge in [0.2, 0.25) is 5.91 Å². The predicted octanol–water partition coefficient (Wildman–Crippen LogP) is 2.74. The number of piperazine rings is 1. The van der Waals surface area contributed by atoms with Gasteiger partial charge in [0.25, 0.3) is 5.91 Å². The molecule has 30 heavy (non-hydrogen) atoms. The van der Waals surface area contributed by atoms with Crippen LogP contribution in [0.5, 0.6) is 0 Å². The number of likely N-dealkylation sites (tertiary alicyclic amines) is 1.